The quantitative estimate of drug-likeness (QED) is 0.132. The zero-order chi connectivity index (χ0) is 25.1. The number of hydrazine groups is 1. The molecule has 2 aliphatic carbocycles. The Labute approximate surface area is 207 Å². The maximum Gasteiger partial charge on any atom is 0.191 e. The van der Waals surface area contributed by atoms with Crippen molar-refractivity contribution in [1.82, 2.24) is 9.97 Å². The summed E-state index contributed by atoms with van der Waals surface area (Å²) in [6.45, 7) is 2.15. The van der Waals surface area contributed by atoms with Crippen LogP contribution in [0.2, 0.25) is 0 Å². The molecule has 2 aromatic rings. The number of nitrogen functional groups attached to an aromatic ring is 1. The van der Waals surface area contributed by atoms with E-state index in [1.165, 1.54) is 22.8 Å². The van der Waals surface area contributed by atoms with Crippen LogP contribution in [0.3, 0.4) is 0 Å². The highest BCUT2D eigenvalue weighted by molar-refractivity contribution is 7.99. The average Bonchev–Trinajstić information content (AvgIpc) is 3.51. The molecule has 192 valence electrons. The Morgan fingerprint density at radius 3 is 2.74 bits per heavy atom. The number of nitrogens with zero attached hydrogens (tertiary/aromatic N) is 3. The van der Waals surface area contributed by atoms with Crippen molar-refractivity contribution in [3.05, 3.63) is 35.4 Å². The first kappa shape index (κ1) is 25.8. The van der Waals surface area contributed by atoms with Crippen molar-refractivity contribution in [3.63, 3.8) is 0 Å². The number of hydrogen-bond donors (Lipinski definition) is 5. The fourth-order valence-corrected chi connectivity index (χ4v) is 5.10. The summed E-state index contributed by atoms with van der Waals surface area (Å²) in [4.78, 5) is 9.15. The van der Waals surface area contributed by atoms with Crippen LogP contribution in [0.25, 0.3) is 0 Å². The van der Waals surface area contributed by atoms with E-state index < -0.39 is 23.8 Å². The molecule has 0 radical (unpaired) electrons. The van der Waals surface area contributed by atoms with E-state index in [0.29, 0.717) is 35.2 Å². The zero-order valence-corrected chi connectivity index (χ0v) is 20.3. The van der Waals surface area contributed by atoms with Crippen molar-refractivity contribution in [2.75, 3.05) is 35.0 Å². The number of ether oxygens (including phenoxy) is 1. The van der Waals surface area contributed by atoms with Crippen LogP contribution in [0.15, 0.2) is 23.4 Å². The maximum absolute atomic E-state index is 13.7. The Morgan fingerprint density at radius 1 is 1.23 bits per heavy atom. The molecule has 1 aromatic heterocycles. The van der Waals surface area contributed by atoms with Gasteiger partial charge in [-0.1, -0.05) is 24.8 Å². The molecule has 0 amide bonds. The van der Waals surface area contributed by atoms with Crippen molar-refractivity contribution in [2.24, 2.45) is 5.84 Å². The highest BCUT2D eigenvalue weighted by Gasteiger charge is 2.41. The van der Waals surface area contributed by atoms with Gasteiger partial charge in [-0.2, -0.15) is 0 Å². The maximum atomic E-state index is 13.7. The van der Waals surface area contributed by atoms with Crippen molar-refractivity contribution in [1.29, 1.82) is 0 Å². The van der Waals surface area contributed by atoms with Crippen molar-refractivity contribution < 1.29 is 23.7 Å². The number of halogens is 2. The summed E-state index contributed by atoms with van der Waals surface area (Å²) in [6.07, 6.45) is 1.52. The predicted octanol–water partition coefficient (Wildman–Crippen LogP) is 2.39. The molecule has 5 atom stereocenters. The molecular formula is C23H32F2N6O3S. The zero-order valence-electron chi connectivity index (χ0n) is 19.5. The third-order valence-corrected chi connectivity index (χ3v) is 7.38. The van der Waals surface area contributed by atoms with Gasteiger partial charge in [-0.05, 0) is 37.0 Å². The Kier molecular flexibility index (Phi) is 8.27. The van der Waals surface area contributed by atoms with E-state index in [-0.39, 0.29) is 37.0 Å². The second kappa shape index (κ2) is 11.2. The minimum atomic E-state index is -0.873. The number of anilines is 3. The summed E-state index contributed by atoms with van der Waals surface area (Å²) in [7, 11) is 0. The number of aromatic nitrogens is 2. The van der Waals surface area contributed by atoms with Crippen LogP contribution in [0.4, 0.5) is 26.1 Å². The van der Waals surface area contributed by atoms with Crippen LogP contribution in [0, 0.1) is 11.6 Å². The first-order valence-electron chi connectivity index (χ1n) is 11.8. The van der Waals surface area contributed by atoms with Crippen LogP contribution < -0.4 is 21.9 Å². The number of nitrogens with one attached hydrogen (secondary N) is 1. The van der Waals surface area contributed by atoms with Gasteiger partial charge < -0.3 is 26.0 Å². The van der Waals surface area contributed by atoms with Crippen molar-refractivity contribution >= 4 is 29.1 Å². The number of nitrogens with two attached hydrogens (primary N) is 2. The summed E-state index contributed by atoms with van der Waals surface area (Å²) < 4.78 is 32.6. The number of benzene rings is 1. The molecule has 0 aliphatic heterocycles. The number of aliphatic hydroxyl groups is 2. The van der Waals surface area contributed by atoms with E-state index in [2.05, 4.69) is 22.2 Å². The van der Waals surface area contributed by atoms with Gasteiger partial charge in [-0.15, -0.1) is 0 Å². The van der Waals surface area contributed by atoms with Gasteiger partial charge in [0.25, 0.3) is 0 Å². The molecule has 9 nitrogen and oxygen atoms in total. The van der Waals surface area contributed by atoms with Crippen LogP contribution in [0.5, 0.6) is 0 Å². The van der Waals surface area contributed by atoms with Gasteiger partial charge in [-0.3, -0.25) is 5.01 Å². The number of rotatable bonds is 11. The smallest absolute Gasteiger partial charge is 0.191 e. The van der Waals surface area contributed by atoms with E-state index in [9.17, 15) is 13.9 Å². The van der Waals surface area contributed by atoms with Crippen LogP contribution >= 0.6 is 11.8 Å². The minimum Gasteiger partial charge on any atom is -0.394 e. The van der Waals surface area contributed by atoms with Gasteiger partial charge in [0.05, 0.1) is 31.5 Å². The lowest BCUT2D eigenvalue weighted by molar-refractivity contribution is 0.0252. The molecule has 0 spiro atoms. The van der Waals surface area contributed by atoms with E-state index in [4.69, 9.17) is 21.4 Å². The number of aliphatic hydroxyl groups excluding tert-OH is 2. The molecule has 1 aromatic carbocycles. The van der Waals surface area contributed by atoms with Gasteiger partial charge in [0.15, 0.2) is 28.4 Å². The molecule has 2 saturated carbocycles. The monoisotopic (exact) mass is 510 g/mol. The lowest BCUT2D eigenvalue weighted by atomic mass is 10.1. The molecule has 2 fully saturated rings. The first-order chi connectivity index (χ1) is 16.8. The first-order valence-corrected chi connectivity index (χ1v) is 12.8. The highest BCUT2D eigenvalue weighted by Crippen LogP contribution is 2.44. The summed E-state index contributed by atoms with van der Waals surface area (Å²) in [5, 5.41) is 24.8. The predicted molar refractivity (Wildman–Crippen MR) is 131 cm³/mol. The molecule has 1 heterocycles. The van der Waals surface area contributed by atoms with Gasteiger partial charge in [0.2, 0.25) is 0 Å². The molecule has 12 heteroatoms. The van der Waals surface area contributed by atoms with E-state index in [1.807, 2.05) is 0 Å². The molecular weight excluding hydrogens is 478 g/mol. The molecule has 4 rings (SSSR count). The average molecular weight is 511 g/mol. The third-order valence-electron chi connectivity index (χ3n) is 6.32. The van der Waals surface area contributed by atoms with Crippen LogP contribution in [-0.2, 0) is 4.74 Å². The minimum absolute atomic E-state index is 0.00438. The van der Waals surface area contributed by atoms with Crippen LogP contribution in [-0.4, -0.2) is 63.4 Å². The number of thioether (sulfide) groups is 1. The fourth-order valence-electron chi connectivity index (χ4n) is 4.40. The normalized spacial score (nSPS) is 25.6. The second-order valence-corrected chi connectivity index (χ2v) is 10.00. The Bertz CT molecular complexity index is 1030. The molecule has 0 bridgehead atoms. The van der Waals surface area contributed by atoms with Crippen molar-refractivity contribution in [2.45, 2.75) is 68.0 Å². The van der Waals surface area contributed by atoms with Gasteiger partial charge in [-0.25, -0.2) is 24.6 Å². The lowest BCUT2D eigenvalue weighted by Gasteiger charge is -2.29. The largest absolute Gasteiger partial charge is 0.394 e. The van der Waals surface area contributed by atoms with Gasteiger partial charge >= 0.3 is 0 Å². The highest BCUT2D eigenvalue weighted by atomic mass is 32.2. The summed E-state index contributed by atoms with van der Waals surface area (Å²) in [5.41, 5.74) is 7.39. The van der Waals surface area contributed by atoms with E-state index in [1.54, 1.807) is 6.07 Å². The van der Waals surface area contributed by atoms with Crippen molar-refractivity contribution in [3.8, 4) is 0 Å². The summed E-state index contributed by atoms with van der Waals surface area (Å²) in [6, 6.07) is 3.42. The fraction of sp³-hybridized carbons (Fsp3) is 0.565. The van der Waals surface area contributed by atoms with Gasteiger partial charge in [0, 0.05) is 24.1 Å². The summed E-state index contributed by atoms with van der Waals surface area (Å²) in [5.74, 6) is 6.21. The molecule has 5 unspecified atom stereocenters. The van der Waals surface area contributed by atoms with E-state index in [0.717, 1.165) is 24.7 Å². The van der Waals surface area contributed by atoms with E-state index >= 15 is 0 Å². The molecule has 7 N–H and O–H groups in total. The van der Waals surface area contributed by atoms with Gasteiger partial charge in [0.1, 0.15) is 5.69 Å². The standard InChI is InChI=1S/C23H32F2N6O3S/c1-2-7-35-23-29-21(28-17-11-14(17)12-3-4-15(24)16(25)8-12)20(26)22(30-23)31(27)18-9-13(10-19(18)33)34-6-5-32/h3-4,8,13-14,17-19,32-33H,2,5-7,9-11,26-27H2,1H3,(H,28,29,30). The topological polar surface area (TPSA) is 143 Å². The Morgan fingerprint density at radius 2 is 2.03 bits per heavy atom. The molecule has 2 aliphatic rings. The molecule has 35 heavy (non-hydrogen) atoms. The SMILES string of the molecule is CCCSc1nc(NC2CC2c2ccc(F)c(F)c2)c(N)c(N(N)C2CC(OCCO)CC2O)n1. The lowest BCUT2D eigenvalue weighted by Crippen LogP contribution is -2.46. The second-order valence-electron chi connectivity index (χ2n) is 8.94. The Hall–Kier alpha value is -2.25. The Balaban J connectivity index is 1.54. The summed E-state index contributed by atoms with van der Waals surface area (Å²) >= 11 is 1.47. The third kappa shape index (κ3) is 5.95. The van der Waals surface area contributed by atoms with Crippen LogP contribution in [0.1, 0.15) is 44.1 Å². The number of hydrogen-bond acceptors (Lipinski definition) is 10. The molecule has 0 saturated heterocycles.